The van der Waals surface area contributed by atoms with Gasteiger partial charge < -0.3 is 20.1 Å². The minimum absolute atomic E-state index is 0.341. The van der Waals surface area contributed by atoms with Gasteiger partial charge in [0, 0.05) is 37.8 Å². The monoisotopic (exact) mass is 378 g/mol. The van der Waals surface area contributed by atoms with E-state index in [9.17, 15) is 8.42 Å². The lowest BCUT2D eigenvalue weighted by atomic mass is 10.1. The van der Waals surface area contributed by atoms with Gasteiger partial charge in [0.05, 0.1) is 26.0 Å². The van der Waals surface area contributed by atoms with Gasteiger partial charge >= 0.3 is 0 Å². The molecule has 8 nitrogen and oxygen atoms in total. The molecule has 25 heavy (non-hydrogen) atoms. The standard InChI is InChI=1S/C16H34N4O4S/c1-5-17-15(19-13-16(2,3)20-25(4,21)22)18-8-6-9-23-11-14-7-10-24-12-14/h14,20H,5-13H2,1-4H3,(H2,17,18,19). The molecule has 1 rings (SSSR count). The van der Waals surface area contributed by atoms with Crippen LogP contribution >= 0.6 is 0 Å². The van der Waals surface area contributed by atoms with Crippen molar-refractivity contribution in [2.75, 3.05) is 52.3 Å². The Bertz CT molecular complexity index is 502. The summed E-state index contributed by atoms with van der Waals surface area (Å²) in [6, 6.07) is 0. The molecule has 1 unspecified atom stereocenters. The van der Waals surface area contributed by atoms with E-state index in [2.05, 4.69) is 20.3 Å². The van der Waals surface area contributed by atoms with Gasteiger partial charge in [-0.2, -0.15) is 0 Å². The van der Waals surface area contributed by atoms with E-state index < -0.39 is 15.6 Å². The summed E-state index contributed by atoms with van der Waals surface area (Å²) < 4.78 is 36.3. The molecule has 0 aromatic heterocycles. The summed E-state index contributed by atoms with van der Waals surface area (Å²) in [5.74, 6) is 1.21. The molecule has 0 bridgehead atoms. The third-order valence-corrected chi connectivity index (χ3v) is 4.50. The van der Waals surface area contributed by atoms with E-state index in [0.717, 1.165) is 52.0 Å². The number of nitrogens with zero attached hydrogens (tertiary/aromatic N) is 1. The molecule has 3 N–H and O–H groups in total. The third-order valence-electron chi connectivity index (χ3n) is 3.57. The number of nitrogens with one attached hydrogen (secondary N) is 3. The van der Waals surface area contributed by atoms with Crippen molar-refractivity contribution >= 4 is 16.0 Å². The van der Waals surface area contributed by atoms with Crippen molar-refractivity contribution in [1.29, 1.82) is 0 Å². The van der Waals surface area contributed by atoms with Crippen LogP contribution in [0.4, 0.5) is 0 Å². The summed E-state index contributed by atoms with van der Waals surface area (Å²) in [5, 5.41) is 6.40. The smallest absolute Gasteiger partial charge is 0.209 e. The second kappa shape index (κ2) is 10.9. The SMILES string of the molecule is CCNC(=NCC(C)(C)NS(C)(=O)=O)NCCCOCC1CCOC1. The molecule has 1 saturated heterocycles. The molecule has 0 spiro atoms. The Balaban J connectivity index is 2.27. The summed E-state index contributed by atoms with van der Waals surface area (Å²) in [5.41, 5.74) is -0.637. The lowest BCUT2D eigenvalue weighted by molar-refractivity contribution is 0.0888. The van der Waals surface area contributed by atoms with Crippen LogP contribution in [-0.4, -0.2) is 72.2 Å². The van der Waals surface area contributed by atoms with Crippen LogP contribution in [0.25, 0.3) is 0 Å². The van der Waals surface area contributed by atoms with Crippen LogP contribution in [0.5, 0.6) is 0 Å². The molecular formula is C16H34N4O4S. The van der Waals surface area contributed by atoms with E-state index in [1.807, 2.05) is 20.8 Å². The van der Waals surface area contributed by atoms with Crippen molar-refractivity contribution in [1.82, 2.24) is 15.4 Å². The summed E-state index contributed by atoms with van der Waals surface area (Å²) in [4.78, 5) is 4.46. The molecule has 0 radical (unpaired) electrons. The fourth-order valence-electron chi connectivity index (χ4n) is 2.50. The molecule has 0 aliphatic carbocycles. The molecule has 1 fully saturated rings. The molecular weight excluding hydrogens is 344 g/mol. The molecule has 1 atom stereocenters. The van der Waals surface area contributed by atoms with E-state index in [0.29, 0.717) is 25.0 Å². The van der Waals surface area contributed by atoms with Crippen molar-refractivity contribution in [3.8, 4) is 0 Å². The zero-order valence-electron chi connectivity index (χ0n) is 15.9. The first-order valence-corrected chi connectivity index (χ1v) is 10.8. The van der Waals surface area contributed by atoms with Crippen LogP contribution < -0.4 is 15.4 Å². The van der Waals surface area contributed by atoms with E-state index in [1.54, 1.807) is 0 Å². The predicted octanol–water partition coefficient (Wildman–Crippen LogP) is 0.313. The average molecular weight is 379 g/mol. The van der Waals surface area contributed by atoms with E-state index in [4.69, 9.17) is 9.47 Å². The predicted molar refractivity (Wildman–Crippen MR) is 100 cm³/mol. The normalized spacial score (nSPS) is 19.2. The number of aliphatic imine (C=N–C) groups is 1. The molecule has 1 heterocycles. The maximum absolute atomic E-state index is 11.4. The van der Waals surface area contributed by atoms with Crippen molar-refractivity contribution in [2.45, 2.75) is 39.2 Å². The van der Waals surface area contributed by atoms with Crippen molar-refractivity contribution < 1.29 is 17.9 Å². The quantitative estimate of drug-likeness (QED) is 0.272. The number of ether oxygens (including phenoxy) is 2. The molecule has 1 aliphatic heterocycles. The van der Waals surface area contributed by atoms with Crippen LogP contribution in [0, 0.1) is 5.92 Å². The maximum Gasteiger partial charge on any atom is 0.209 e. The van der Waals surface area contributed by atoms with Gasteiger partial charge in [0.2, 0.25) is 10.0 Å². The van der Waals surface area contributed by atoms with Gasteiger partial charge in [0.15, 0.2) is 5.96 Å². The first kappa shape index (κ1) is 22.1. The van der Waals surface area contributed by atoms with Gasteiger partial charge in [-0.3, -0.25) is 4.99 Å². The highest BCUT2D eigenvalue weighted by molar-refractivity contribution is 7.88. The number of hydrogen-bond acceptors (Lipinski definition) is 5. The second-order valence-corrected chi connectivity index (χ2v) is 8.79. The van der Waals surface area contributed by atoms with Crippen LogP contribution in [0.2, 0.25) is 0 Å². The zero-order chi connectivity index (χ0) is 18.8. The minimum Gasteiger partial charge on any atom is -0.381 e. The average Bonchev–Trinajstić information content (AvgIpc) is 2.99. The van der Waals surface area contributed by atoms with Crippen molar-refractivity contribution in [3.05, 3.63) is 0 Å². The maximum atomic E-state index is 11.4. The van der Waals surface area contributed by atoms with Crippen LogP contribution in [0.3, 0.4) is 0 Å². The topological polar surface area (TPSA) is 101 Å². The largest absolute Gasteiger partial charge is 0.381 e. The lowest BCUT2D eigenvalue weighted by Gasteiger charge is -2.23. The van der Waals surface area contributed by atoms with Crippen molar-refractivity contribution in [3.63, 3.8) is 0 Å². The minimum atomic E-state index is -3.26. The number of sulfonamides is 1. The highest BCUT2D eigenvalue weighted by Gasteiger charge is 2.21. The Morgan fingerprint density at radius 3 is 2.72 bits per heavy atom. The first-order chi connectivity index (χ1) is 11.7. The third kappa shape index (κ3) is 11.4. The Morgan fingerprint density at radius 1 is 1.36 bits per heavy atom. The summed E-state index contributed by atoms with van der Waals surface area (Å²) in [6.07, 6.45) is 3.12. The Morgan fingerprint density at radius 2 is 2.12 bits per heavy atom. The van der Waals surface area contributed by atoms with E-state index >= 15 is 0 Å². The fraction of sp³-hybridized carbons (Fsp3) is 0.938. The number of hydrogen-bond donors (Lipinski definition) is 3. The zero-order valence-corrected chi connectivity index (χ0v) is 16.7. The summed E-state index contributed by atoms with van der Waals surface area (Å²) in [6.45, 7) is 10.6. The van der Waals surface area contributed by atoms with Gasteiger partial charge in [0.1, 0.15) is 0 Å². The lowest BCUT2D eigenvalue weighted by Crippen LogP contribution is -2.46. The molecule has 0 aromatic rings. The first-order valence-electron chi connectivity index (χ1n) is 8.88. The Hall–Kier alpha value is -0.900. The van der Waals surface area contributed by atoms with Gasteiger partial charge in [0.25, 0.3) is 0 Å². The highest BCUT2D eigenvalue weighted by Crippen LogP contribution is 2.12. The molecule has 1 aliphatic rings. The number of guanidine groups is 1. The van der Waals surface area contributed by atoms with E-state index in [-0.39, 0.29) is 0 Å². The fourth-order valence-corrected chi connectivity index (χ4v) is 3.57. The van der Waals surface area contributed by atoms with Crippen LogP contribution in [-0.2, 0) is 19.5 Å². The van der Waals surface area contributed by atoms with Gasteiger partial charge in [-0.15, -0.1) is 0 Å². The summed E-state index contributed by atoms with van der Waals surface area (Å²) >= 11 is 0. The van der Waals surface area contributed by atoms with Crippen LogP contribution in [0.1, 0.15) is 33.6 Å². The molecule has 0 aromatic carbocycles. The molecule has 9 heteroatoms. The summed E-state index contributed by atoms with van der Waals surface area (Å²) in [7, 11) is -3.26. The second-order valence-electron chi connectivity index (χ2n) is 7.04. The molecule has 0 amide bonds. The van der Waals surface area contributed by atoms with Crippen molar-refractivity contribution in [2.24, 2.45) is 10.9 Å². The number of rotatable bonds is 11. The van der Waals surface area contributed by atoms with Gasteiger partial charge in [-0.1, -0.05) is 0 Å². The van der Waals surface area contributed by atoms with Gasteiger partial charge in [-0.05, 0) is 33.6 Å². The molecule has 0 saturated carbocycles. The van der Waals surface area contributed by atoms with Crippen LogP contribution in [0.15, 0.2) is 4.99 Å². The Kier molecular flexibility index (Phi) is 9.70. The highest BCUT2D eigenvalue weighted by atomic mass is 32.2. The Labute approximate surface area is 152 Å². The molecule has 148 valence electrons. The van der Waals surface area contributed by atoms with Gasteiger partial charge in [-0.25, -0.2) is 13.1 Å². The van der Waals surface area contributed by atoms with E-state index in [1.165, 1.54) is 0 Å².